The summed E-state index contributed by atoms with van der Waals surface area (Å²) in [7, 11) is 3.84. The molecule has 0 aliphatic heterocycles. The van der Waals surface area contributed by atoms with E-state index >= 15 is 0 Å². The first-order valence-corrected chi connectivity index (χ1v) is 9.47. The van der Waals surface area contributed by atoms with Crippen molar-refractivity contribution in [2.45, 2.75) is 48.5 Å². The fraction of sp³-hybridized carbons (Fsp3) is 0.417. The van der Waals surface area contributed by atoms with Crippen molar-refractivity contribution in [3.05, 3.63) is 53.3 Å². The van der Waals surface area contributed by atoms with Crippen LogP contribution in [0.15, 0.2) is 36.4 Å². The van der Waals surface area contributed by atoms with E-state index in [4.69, 9.17) is 10.5 Å². The zero-order chi connectivity index (χ0) is 20.7. The van der Waals surface area contributed by atoms with Crippen molar-refractivity contribution in [1.82, 2.24) is 9.55 Å². The third-order valence-electron chi connectivity index (χ3n) is 4.46. The molecule has 3 N–H and O–H groups in total. The van der Waals surface area contributed by atoms with Gasteiger partial charge < -0.3 is 20.4 Å². The van der Waals surface area contributed by atoms with E-state index in [0.29, 0.717) is 19.4 Å². The van der Waals surface area contributed by atoms with Gasteiger partial charge in [0.25, 0.3) is 0 Å². The molecular formula is C24H38N4O2. The highest BCUT2D eigenvalue weighted by molar-refractivity contribution is 5.77. The van der Waals surface area contributed by atoms with Gasteiger partial charge in [-0.3, -0.25) is 4.79 Å². The predicted molar refractivity (Wildman–Crippen MR) is 129 cm³/mol. The summed E-state index contributed by atoms with van der Waals surface area (Å²) in [5.74, 6) is 0.754. The summed E-state index contributed by atoms with van der Waals surface area (Å²) < 4.78 is 6.96. The van der Waals surface area contributed by atoms with Crippen molar-refractivity contribution in [2.75, 3.05) is 24.7 Å². The molecule has 1 heterocycles. The van der Waals surface area contributed by atoms with Crippen molar-refractivity contribution >= 4 is 28.4 Å². The minimum absolute atomic E-state index is 0. The van der Waals surface area contributed by atoms with Crippen LogP contribution in [0.2, 0.25) is 0 Å². The highest BCUT2D eigenvalue weighted by atomic mass is 16.5. The smallest absolute Gasteiger partial charge is 0.306 e. The molecular weight excluding hydrogens is 376 g/mol. The average Bonchev–Trinajstić information content (AvgIpc) is 2.96. The molecule has 3 rings (SSSR count). The van der Waals surface area contributed by atoms with E-state index in [1.165, 1.54) is 11.1 Å². The number of ether oxygens (including phenoxy) is 1. The molecule has 0 atom stereocenters. The van der Waals surface area contributed by atoms with Crippen molar-refractivity contribution in [2.24, 2.45) is 7.05 Å². The number of carbonyl (C=O) groups excluding carboxylic acids is 1. The summed E-state index contributed by atoms with van der Waals surface area (Å²) in [6.07, 6.45) is 0.993. The first kappa shape index (κ1) is 27.0. The van der Waals surface area contributed by atoms with Crippen LogP contribution < -0.4 is 11.1 Å². The molecule has 0 saturated carbocycles. The lowest BCUT2D eigenvalue weighted by atomic mass is 10.2. The van der Waals surface area contributed by atoms with Crippen LogP contribution in [0.25, 0.3) is 11.0 Å². The Labute approximate surface area is 181 Å². The van der Waals surface area contributed by atoms with Crippen molar-refractivity contribution in [1.29, 1.82) is 0 Å². The molecule has 1 aromatic heterocycles. The van der Waals surface area contributed by atoms with E-state index in [1.54, 1.807) is 0 Å². The molecule has 0 radical (unpaired) electrons. The Bertz CT molecular complexity index is 948. The number of hydrogen-bond donors (Lipinski definition) is 2. The van der Waals surface area contributed by atoms with Gasteiger partial charge in [0, 0.05) is 20.5 Å². The lowest BCUT2D eigenvalue weighted by molar-refractivity contribution is -0.143. The second-order valence-electron chi connectivity index (χ2n) is 6.72. The number of aromatic nitrogens is 2. The van der Waals surface area contributed by atoms with Crippen LogP contribution in [0.1, 0.15) is 45.1 Å². The predicted octanol–water partition coefficient (Wildman–Crippen LogP) is 5.27. The molecule has 2 aromatic carbocycles. The SMILES string of the molecule is C.C.CCOC(=O)CCc1nc2cc(C)ccc2n1C.CNc1ccc(C)cc1N. The number of fused-ring (bicyclic) bond motifs is 1. The fourth-order valence-corrected chi connectivity index (χ4v) is 2.94. The normalized spacial score (nSPS) is 9.63. The van der Waals surface area contributed by atoms with Crippen molar-refractivity contribution < 1.29 is 9.53 Å². The van der Waals surface area contributed by atoms with Crippen molar-refractivity contribution in [3.8, 4) is 0 Å². The van der Waals surface area contributed by atoms with E-state index in [-0.39, 0.29) is 20.8 Å². The summed E-state index contributed by atoms with van der Waals surface area (Å²) in [5, 5.41) is 3.00. The largest absolute Gasteiger partial charge is 0.466 e. The van der Waals surface area contributed by atoms with Crippen LogP contribution in [-0.4, -0.2) is 29.2 Å². The third kappa shape index (κ3) is 7.10. The van der Waals surface area contributed by atoms with Gasteiger partial charge >= 0.3 is 5.97 Å². The maximum absolute atomic E-state index is 11.3. The Morgan fingerprint density at radius 3 is 2.37 bits per heavy atom. The molecule has 0 bridgehead atoms. The number of carbonyl (C=O) groups is 1. The lowest BCUT2D eigenvalue weighted by Crippen LogP contribution is -2.07. The van der Waals surface area contributed by atoms with Crippen LogP contribution in [0.5, 0.6) is 0 Å². The average molecular weight is 415 g/mol. The van der Waals surface area contributed by atoms with Gasteiger partial charge in [0.05, 0.1) is 35.4 Å². The summed E-state index contributed by atoms with van der Waals surface area (Å²) in [6, 6.07) is 12.1. The zero-order valence-electron chi connectivity index (χ0n) is 17.4. The maximum atomic E-state index is 11.3. The first-order chi connectivity index (χ1) is 13.3. The number of esters is 1. The van der Waals surface area contributed by atoms with Gasteiger partial charge in [0.1, 0.15) is 5.82 Å². The number of hydrogen-bond acceptors (Lipinski definition) is 5. The first-order valence-electron chi connectivity index (χ1n) is 9.47. The minimum atomic E-state index is -0.166. The van der Waals surface area contributed by atoms with Crippen LogP contribution in [0.3, 0.4) is 0 Å². The molecule has 6 heteroatoms. The van der Waals surface area contributed by atoms with Gasteiger partial charge in [-0.25, -0.2) is 4.98 Å². The molecule has 0 fully saturated rings. The fourth-order valence-electron chi connectivity index (χ4n) is 2.94. The van der Waals surface area contributed by atoms with E-state index < -0.39 is 0 Å². The highest BCUT2D eigenvalue weighted by Crippen LogP contribution is 2.18. The summed E-state index contributed by atoms with van der Waals surface area (Å²) in [5.41, 5.74) is 11.9. The van der Waals surface area contributed by atoms with Gasteiger partial charge in [0.15, 0.2) is 0 Å². The van der Waals surface area contributed by atoms with Gasteiger partial charge in [-0.05, 0) is 56.2 Å². The molecule has 166 valence electrons. The molecule has 0 unspecified atom stereocenters. The van der Waals surface area contributed by atoms with E-state index in [1.807, 2.05) is 57.6 Å². The Morgan fingerprint density at radius 1 is 1.13 bits per heavy atom. The van der Waals surface area contributed by atoms with Crippen LogP contribution in [0.4, 0.5) is 11.4 Å². The third-order valence-corrected chi connectivity index (χ3v) is 4.46. The molecule has 0 spiro atoms. The maximum Gasteiger partial charge on any atom is 0.306 e. The van der Waals surface area contributed by atoms with Crippen LogP contribution in [-0.2, 0) is 23.0 Å². The minimum Gasteiger partial charge on any atom is -0.466 e. The number of imidazole rings is 1. The molecule has 0 aliphatic carbocycles. The molecule has 0 amide bonds. The summed E-state index contributed by atoms with van der Waals surface area (Å²) in [4.78, 5) is 15.9. The highest BCUT2D eigenvalue weighted by Gasteiger charge is 2.10. The number of nitrogens with one attached hydrogen (secondary N) is 1. The molecule has 3 aromatic rings. The topological polar surface area (TPSA) is 82.2 Å². The van der Waals surface area contributed by atoms with Crippen molar-refractivity contribution in [3.63, 3.8) is 0 Å². The number of rotatable bonds is 5. The number of anilines is 2. The van der Waals surface area contributed by atoms with E-state index in [2.05, 4.69) is 28.5 Å². The second kappa shape index (κ2) is 12.5. The lowest BCUT2D eigenvalue weighted by Gasteiger charge is -2.03. The van der Waals surface area contributed by atoms with Gasteiger partial charge in [-0.1, -0.05) is 27.0 Å². The standard InChI is InChI=1S/C14H18N2O2.C8H12N2.2CH4/c1-4-18-14(17)8-7-13-15-11-9-10(2)5-6-12(11)16(13)3;1-6-3-4-8(10-2)7(9)5-6;;/h5-6,9H,4,7-8H2,1-3H3;3-5,10H,9H2,1-2H3;2*1H4. The number of nitrogens with zero attached hydrogens (tertiary/aromatic N) is 2. The van der Waals surface area contributed by atoms with E-state index in [9.17, 15) is 4.79 Å². The Balaban J connectivity index is 0.000000604. The Hall–Kier alpha value is -3.02. The zero-order valence-corrected chi connectivity index (χ0v) is 17.4. The van der Waals surface area contributed by atoms with Crippen LogP contribution >= 0.6 is 0 Å². The number of nitrogen functional groups attached to an aromatic ring is 1. The summed E-state index contributed by atoms with van der Waals surface area (Å²) >= 11 is 0. The quantitative estimate of drug-likeness (QED) is 0.439. The van der Waals surface area contributed by atoms with E-state index in [0.717, 1.165) is 28.2 Å². The number of aryl methyl sites for hydroxylation is 4. The van der Waals surface area contributed by atoms with Crippen LogP contribution in [0, 0.1) is 13.8 Å². The molecule has 0 saturated heterocycles. The summed E-state index contributed by atoms with van der Waals surface area (Å²) in [6.45, 7) is 6.32. The number of nitrogens with two attached hydrogens (primary N) is 1. The Kier molecular flexibility index (Phi) is 11.3. The van der Waals surface area contributed by atoms with Gasteiger partial charge in [-0.2, -0.15) is 0 Å². The van der Waals surface area contributed by atoms with Gasteiger partial charge in [0.2, 0.25) is 0 Å². The number of benzene rings is 2. The Morgan fingerprint density at radius 2 is 1.77 bits per heavy atom. The molecule has 30 heavy (non-hydrogen) atoms. The second-order valence-corrected chi connectivity index (χ2v) is 6.72. The van der Waals surface area contributed by atoms with Gasteiger partial charge in [-0.15, -0.1) is 0 Å². The molecule has 0 aliphatic rings. The molecule has 6 nitrogen and oxygen atoms in total. The monoisotopic (exact) mass is 414 g/mol.